The van der Waals surface area contributed by atoms with Crippen molar-refractivity contribution in [1.29, 1.82) is 0 Å². The number of carbonyl (C=O) groups excluding carboxylic acids is 1. The third-order valence-electron chi connectivity index (χ3n) is 5.39. The van der Waals surface area contributed by atoms with E-state index in [4.69, 9.17) is 9.15 Å². The van der Waals surface area contributed by atoms with E-state index >= 15 is 0 Å². The van der Waals surface area contributed by atoms with Gasteiger partial charge in [-0.15, -0.1) is 0 Å². The molecule has 5 heteroatoms. The summed E-state index contributed by atoms with van der Waals surface area (Å²) in [6, 6.07) is 15.0. The molecule has 4 rings (SSSR count). The van der Waals surface area contributed by atoms with Crippen LogP contribution in [0.3, 0.4) is 0 Å². The Labute approximate surface area is 181 Å². The Kier molecular flexibility index (Phi) is 5.76. The van der Waals surface area contributed by atoms with E-state index in [-0.39, 0.29) is 5.78 Å². The van der Waals surface area contributed by atoms with E-state index in [0.717, 1.165) is 22.2 Å². The lowest BCUT2D eigenvalue weighted by Crippen LogP contribution is -2.07. The number of nitrogens with zero attached hydrogens (tertiary/aromatic N) is 1. The number of ether oxygens (including phenoxy) is 1. The lowest BCUT2D eigenvalue weighted by molar-refractivity contribution is -0.111. The van der Waals surface area contributed by atoms with Crippen LogP contribution in [0.2, 0.25) is 0 Å². The van der Waals surface area contributed by atoms with Gasteiger partial charge in [0, 0.05) is 48.4 Å². The molecule has 1 aliphatic rings. The number of hydrogen-bond donors (Lipinski definition) is 0. The molecule has 0 unspecified atom stereocenters. The molecule has 0 radical (unpaired) electrons. The number of anilines is 1. The van der Waals surface area contributed by atoms with Crippen LogP contribution in [0.5, 0.6) is 5.75 Å². The quantitative estimate of drug-likeness (QED) is 0.429. The lowest BCUT2D eigenvalue weighted by atomic mass is 10.0. The van der Waals surface area contributed by atoms with Gasteiger partial charge in [-0.3, -0.25) is 4.79 Å². The lowest BCUT2D eigenvalue weighted by Gasteiger charge is -2.11. The number of Topliss-reactive ketones (excluding diaryl/α,β-unsaturated/α-hetero) is 1. The van der Waals surface area contributed by atoms with E-state index in [2.05, 4.69) is 0 Å². The number of rotatable bonds is 5. The summed E-state index contributed by atoms with van der Waals surface area (Å²) in [6.07, 6.45) is 5.11. The highest BCUT2D eigenvalue weighted by Gasteiger charge is 2.23. The average molecular weight is 415 g/mol. The highest BCUT2D eigenvalue weighted by Crippen LogP contribution is 2.31. The van der Waals surface area contributed by atoms with Crippen LogP contribution in [0.4, 0.5) is 5.69 Å². The number of benzene rings is 2. The molecule has 1 aliphatic carbocycles. The molecule has 0 aliphatic heterocycles. The zero-order valence-electron chi connectivity index (χ0n) is 18.0. The number of carbonyl (C=O) groups is 1. The van der Waals surface area contributed by atoms with Gasteiger partial charge in [0.05, 0.1) is 6.61 Å². The predicted molar refractivity (Wildman–Crippen MR) is 125 cm³/mol. The molecule has 158 valence electrons. The molecule has 1 aromatic heterocycles. The van der Waals surface area contributed by atoms with Gasteiger partial charge in [-0.25, -0.2) is 4.79 Å². The molecule has 0 saturated heterocycles. The van der Waals surface area contributed by atoms with E-state index in [0.29, 0.717) is 41.9 Å². The Morgan fingerprint density at radius 3 is 2.35 bits per heavy atom. The summed E-state index contributed by atoms with van der Waals surface area (Å²) < 4.78 is 10.8. The molecule has 1 fully saturated rings. The number of ketones is 1. The first-order valence-corrected chi connectivity index (χ1v) is 10.4. The largest absolute Gasteiger partial charge is 0.494 e. The fourth-order valence-corrected chi connectivity index (χ4v) is 3.78. The van der Waals surface area contributed by atoms with Gasteiger partial charge in [0.15, 0.2) is 5.78 Å². The summed E-state index contributed by atoms with van der Waals surface area (Å²) >= 11 is 0. The maximum Gasteiger partial charge on any atom is 0.336 e. The summed E-state index contributed by atoms with van der Waals surface area (Å²) in [7, 11) is 3.99. The number of allylic oxidation sites excluding steroid dienone is 2. The first-order valence-electron chi connectivity index (χ1n) is 10.4. The maximum atomic E-state index is 13.0. The third kappa shape index (κ3) is 4.45. The second-order valence-corrected chi connectivity index (χ2v) is 7.77. The standard InChI is InChI=1S/C26H25NO4/c1-4-30-22-11-12-23-20(15-25(28)31-24(23)16-22)14-19-8-7-18(26(19)29)13-17-5-9-21(10-6-17)27(2)3/h5-6,9-16H,4,7-8H2,1-3H3/b18-13-,19-14-. The Balaban J connectivity index is 1.65. The molecule has 0 N–H and O–H groups in total. The predicted octanol–water partition coefficient (Wildman–Crippen LogP) is 5.09. The highest BCUT2D eigenvalue weighted by molar-refractivity contribution is 6.16. The van der Waals surface area contributed by atoms with E-state index in [1.54, 1.807) is 6.07 Å². The van der Waals surface area contributed by atoms with Gasteiger partial charge < -0.3 is 14.1 Å². The van der Waals surface area contributed by atoms with E-state index in [9.17, 15) is 9.59 Å². The van der Waals surface area contributed by atoms with Crippen LogP contribution < -0.4 is 15.3 Å². The van der Waals surface area contributed by atoms with Crippen LogP contribution in [0, 0.1) is 0 Å². The molecule has 1 heterocycles. The normalized spacial score (nSPS) is 16.4. The topological polar surface area (TPSA) is 59.8 Å². The Morgan fingerprint density at radius 2 is 1.68 bits per heavy atom. The number of fused-ring (bicyclic) bond motifs is 1. The van der Waals surface area contributed by atoms with E-state index in [1.807, 2.05) is 74.5 Å². The van der Waals surface area contributed by atoms with Gasteiger partial charge in [-0.2, -0.15) is 0 Å². The van der Waals surface area contributed by atoms with Crippen LogP contribution in [-0.4, -0.2) is 26.5 Å². The zero-order valence-corrected chi connectivity index (χ0v) is 18.0. The van der Waals surface area contributed by atoms with Crippen LogP contribution in [0.1, 0.15) is 30.9 Å². The SMILES string of the molecule is CCOc1ccc2c(/C=C3/CC/C(=C/c4ccc(N(C)C)cc4)C3=O)cc(=O)oc2c1. The fraction of sp³-hybridized carbons (Fsp3) is 0.231. The molecule has 3 aromatic rings. The highest BCUT2D eigenvalue weighted by atomic mass is 16.5. The van der Waals surface area contributed by atoms with E-state index < -0.39 is 5.63 Å². The monoisotopic (exact) mass is 415 g/mol. The van der Waals surface area contributed by atoms with Crippen molar-refractivity contribution in [3.05, 3.63) is 81.2 Å². The Morgan fingerprint density at radius 1 is 0.968 bits per heavy atom. The van der Waals surface area contributed by atoms with Gasteiger partial charge in [-0.1, -0.05) is 12.1 Å². The van der Waals surface area contributed by atoms with Crippen LogP contribution in [0.15, 0.2) is 68.9 Å². The molecule has 0 bridgehead atoms. The average Bonchev–Trinajstić information content (AvgIpc) is 3.07. The summed E-state index contributed by atoms with van der Waals surface area (Å²) in [5, 5.41) is 0.778. The van der Waals surface area contributed by atoms with Gasteiger partial charge >= 0.3 is 5.63 Å². The van der Waals surface area contributed by atoms with Crippen molar-refractivity contribution in [3.8, 4) is 5.75 Å². The number of hydrogen-bond acceptors (Lipinski definition) is 5. The molecule has 0 amide bonds. The Hall–Kier alpha value is -3.60. The minimum atomic E-state index is -0.449. The molecule has 5 nitrogen and oxygen atoms in total. The van der Waals surface area contributed by atoms with Crippen molar-refractivity contribution in [2.75, 3.05) is 25.6 Å². The summed E-state index contributed by atoms with van der Waals surface area (Å²) in [5.74, 6) is 0.675. The van der Waals surface area contributed by atoms with E-state index in [1.165, 1.54) is 6.07 Å². The maximum absolute atomic E-state index is 13.0. The van der Waals surface area contributed by atoms with Gasteiger partial charge in [-0.05, 0) is 67.3 Å². The van der Waals surface area contributed by atoms with Gasteiger partial charge in [0.2, 0.25) is 0 Å². The molecular weight excluding hydrogens is 390 g/mol. The van der Waals surface area contributed by atoms with Crippen molar-refractivity contribution in [2.24, 2.45) is 0 Å². The summed E-state index contributed by atoms with van der Waals surface area (Å²) in [6.45, 7) is 2.43. The first-order chi connectivity index (χ1) is 14.9. The second kappa shape index (κ2) is 8.64. The van der Waals surface area contributed by atoms with Crippen LogP contribution in [0.25, 0.3) is 23.1 Å². The molecule has 2 aromatic carbocycles. The fourth-order valence-electron chi connectivity index (χ4n) is 3.78. The van der Waals surface area contributed by atoms with Gasteiger partial charge in [0.1, 0.15) is 11.3 Å². The summed E-state index contributed by atoms with van der Waals surface area (Å²) in [4.78, 5) is 27.1. The molecule has 31 heavy (non-hydrogen) atoms. The van der Waals surface area contributed by atoms with Crippen LogP contribution in [-0.2, 0) is 4.79 Å². The van der Waals surface area contributed by atoms with Crippen molar-refractivity contribution < 1.29 is 13.9 Å². The van der Waals surface area contributed by atoms with Crippen molar-refractivity contribution >= 4 is 34.6 Å². The molecule has 0 spiro atoms. The van der Waals surface area contributed by atoms with Crippen molar-refractivity contribution in [3.63, 3.8) is 0 Å². The third-order valence-corrected chi connectivity index (χ3v) is 5.39. The van der Waals surface area contributed by atoms with Crippen LogP contribution >= 0.6 is 0 Å². The Bertz CT molecular complexity index is 1250. The first kappa shape index (κ1) is 20.7. The van der Waals surface area contributed by atoms with Crippen molar-refractivity contribution in [2.45, 2.75) is 19.8 Å². The minimum Gasteiger partial charge on any atom is -0.494 e. The molecular formula is C26H25NO4. The smallest absolute Gasteiger partial charge is 0.336 e. The summed E-state index contributed by atoms with van der Waals surface area (Å²) in [5.41, 5.74) is 4.30. The second-order valence-electron chi connectivity index (χ2n) is 7.77. The van der Waals surface area contributed by atoms with Crippen molar-refractivity contribution in [1.82, 2.24) is 0 Å². The molecule has 1 saturated carbocycles. The zero-order chi connectivity index (χ0) is 22.0. The minimum absolute atomic E-state index is 0.0315. The van der Waals surface area contributed by atoms with Gasteiger partial charge in [0.25, 0.3) is 0 Å². The molecule has 0 atom stereocenters.